The molecule has 0 bridgehead atoms. The van der Waals surface area contributed by atoms with Gasteiger partial charge in [0.2, 0.25) is 5.82 Å². The van der Waals surface area contributed by atoms with Crippen molar-refractivity contribution in [2.24, 2.45) is 0 Å². The van der Waals surface area contributed by atoms with Crippen LogP contribution in [0.5, 0.6) is 0 Å². The molecule has 0 aliphatic rings. The predicted molar refractivity (Wildman–Crippen MR) is 88.4 cm³/mol. The summed E-state index contributed by atoms with van der Waals surface area (Å²) in [5.74, 6) is -0.888. The molecule has 2 heterocycles. The van der Waals surface area contributed by atoms with E-state index in [2.05, 4.69) is 9.97 Å². The number of rotatable bonds is 4. The largest absolute Gasteiger partial charge is 0.480 e. The minimum Gasteiger partial charge on any atom is -0.480 e. The van der Waals surface area contributed by atoms with Crippen LogP contribution in [0, 0.1) is 4.91 Å². The van der Waals surface area contributed by atoms with Crippen LogP contribution in [0.4, 0.5) is 5.69 Å². The lowest BCUT2D eigenvalue weighted by atomic mass is 10.3. The third-order valence-corrected chi connectivity index (χ3v) is 3.98. The number of carbonyl (C=O) groups is 1. The second kappa shape index (κ2) is 5.55. The summed E-state index contributed by atoms with van der Waals surface area (Å²) in [6.07, 6.45) is 0. The van der Waals surface area contributed by atoms with Crippen LogP contribution in [0.3, 0.4) is 0 Å². The van der Waals surface area contributed by atoms with E-state index in [1.807, 2.05) is 0 Å². The average Bonchev–Trinajstić information content (AvgIpc) is 3.12. The number of para-hydroxylation sites is 2. The van der Waals surface area contributed by atoms with E-state index in [0.29, 0.717) is 21.3 Å². The van der Waals surface area contributed by atoms with E-state index in [4.69, 9.17) is 5.21 Å². The monoisotopic (exact) mass is 354 g/mol. The van der Waals surface area contributed by atoms with Gasteiger partial charge in [-0.3, -0.25) is 4.79 Å². The number of carboxylic acid groups (broad SMARTS) is 1. The van der Waals surface area contributed by atoms with E-state index in [-0.39, 0.29) is 34.3 Å². The third kappa shape index (κ3) is 2.32. The Balaban J connectivity index is 1.99. The molecular weight excluding hydrogens is 342 g/mol. The number of aromatic nitrogens is 4. The summed E-state index contributed by atoms with van der Waals surface area (Å²) in [4.78, 5) is 30.7. The van der Waals surface area contributed by atoms with E-state index in [1.165, 1.54) is 22.8 Å². The molecule has 26 heavy (non-hydrogen) atoms. The van der Waals surface area contributed by atoms with Crippen LogP contribution in [0.25, 0.3) is 33.7 Å². The third-order valence-electron chi connectivity index (χ3n) is 3.98. The molecule has 2 aromatic carbocycles. The summed E-state index contributed by atoms with van der Waals surface area (Å²) in [5, 5.41) is 28.7. The first-order valence-electron chi connectivity index (χ1n) is 7.51. The zero-order chi connectivity index (χ0) is 18.4. The van der Waals surface area contributed by atoms with Crippen molar-refractivity contribution < 1.29 is 25.2 Å². The van der Waals surface area contributed by atoms with Gasteiger partial charge in [-0.05, 0) is 18.2 Å². The number of hydrogen-bond donors (Lipinski definition) is 3. The number of fused-ring (bicyclic) bond motifs is 2. The smallest absolute Gasteiger partial charge is 0.323 e. The lowest BCUT2D eigenvalue weighted by Crippen LogP contribution is -2.11. The molecule has 0 unspecified atom stereocenters. The van der Waals surface area contributed by atoms with Crippen molar-refractivity contribution >= 4 is 33.7 Å². The highest BCUT2D eigenvalue weighted by molar-refractivity contribution is 5.85. The van der Waals surface area contributed by atoms with Crippen LogP contribution in [0.15, 0.2) is 42.5 Å². The Bertz CT molecular complexity index is 1190. The molecule has 0 aliphatic heterocycles. The first kappa shape index (κ1) is 15.6. The molecule has 0 saturated heterocycles. The highest BCUT2D eigenvalue weighted by atomic mass is 16.6. The van der Waals surface area contributed by atoms with Crippen molar-refractivity contribution in [1.29, 1.82) is 0 Å². The van der Waals surface area contributed by atoms with E-state index in [0.717, 1.165) is 0 Å². The van der Waals surface area contributed by atoms with Gasteiger partial charge < -0.3 is 14.9 Å². The Morgan fingerprint density at radius 1 is 1.04 bits per heavy atom. The van der Waals surface area contributed by atoms with Crippen molar-refractivity contribution in [3.05, 3.63) is 47.4 Å². The van der Waals surface area contributed by atoms with Gasteiger partial charge in [0.15, 0.2) is 5.82 Å². The summed E-state index contributed by atoms with van der Waals surface area (Å²) in [5.41, 5.74) is 1.57. The highest BCUT2D eigenvalue weighted by Crippen LogP contribution is 2.28. The number of aliphatic carboxylic acids is 1. The fourth-order valence-corrected chi connectivity index (χ4v) is 2.86. The topological polar surface area (TPSA) is 133 Å². The van der Waals surface area contributed by atoms with Gasteiger partial charge in [0, 0.05) is 12.1 Å². The van der Waals surface area contributed by atoms with Crippen molar-refractivity contribution in [1.82, 2.24) is 19.3 Å². The Kier molecular flexibility index (Phi) is 3.32. The molecule has 3 N–H and O–H groups in total. The summed E-state index contributed by atoms with van der Waals surface area (Å²) in [6, 6.07) is 11.0. The van der Waals surface area contributed by atoms with Gasteiger partial charge in [-0.25, -0.2) is 15.2 Å². The van der Waals surface area contributed by atoms with Gasteiger partial charge in [0.1, 0.15) is 12.1 Å². The zero-order valence-electron chi connectivity index (χ0n) is 13.1. The van der Waals surface area contributed by atoms with Crippen molar-refractivity contribution in [3.8, 4) is 11.6 Å². The molecule has 0 atom stereocenters. The van der Waals surface area contributed by atoms with Crippen LogP contribution < -0.4 is 0 Å². The number of imidazole rings is 2. The molecule has 10 heteroatoms. The van der Waals surface area contributed by atoms with E-state index in [9.17, 15) is 20.0 Å². The molecule has 0 radical (unpaired) electrons. The van der Waals surface area contributed by atoms with Crippen LogP contribution in [-0.4, -0.2) is 45.7 Å². The van der Waals surface area contributed by atoms with Gasteiger partial charge in [0.25, 0.3) is 4.92 Å². The van der Waals surface area contributed by atoms with E-state index in [1.54, 1.807) is 24.3 Å². The number of benzene rings is 2. The number of nitrogens with zero attached hydrogens (tertiary/aromatic N) is 5. The van der Waals surface area contributed by atoms with Gasteiger partial charge in [-0.1, -0.05) is 12.1 Å². The molecule has 130 valence electrons. The summed E-state index contributed by atoms with van der Waals surface area (Å²) in [6.45, 7) is -0.366. The molecule has 0 aliphatic carbocycles. The van der Waals surface area contributed by atoms with Crippen LogP contribution in [0.2, 0.25) is 0 Å². The standard InChI is InChI=1S/C16H11N5O5/c22-14(23)8-19-12-4-2-1-3-10(12)17-15(19)16-18-11-6-5-9(21(25)26)7-13(11)20(16)24/h1-7,24H,8H2,(H-,22,23,25,26)/p+1. The Morgan fingerprint density at radius 2 is 1.73 bits per heavy atom. The quantitative estimate of drug-likeness (QED) is 0.378. The number of carboxylic acids is 1. The average molecular weight is 354 g/mol. The summed E-state index contributed by atoms with van der Waals surface area (Å²) < 4.78 is 2.14. The minimum atomic E-state index is -1.07. The fourth-order valence-electron chi connectivity index (χ4n) is 2.86. The van der Waals surface area contributed by atoms with Gasteiger partial charge >= 0.3 is 11.7 Å². The molecule has 10 nitrogen and oxygen atoms in total. The van der Waals surface area contributed by atoms with Gasteiger partial charge in [-0.2, -0.15) is 4.73 Å². The van der Waals surface area contributed by atoms with Crippen molar-refractivity contribution in [2.45, 2.75) is 6.54 Å². The Morgan fingerprint density at radius 3 is 2.46 bits per heavy atom. The van der Waals surface area contributed by atoms with E-state index >= 15 is 0 Å². The SMILES string of the molecule is O=C(O)Cn1c(-c2nc3ccc([N+](=O)O)cc3n2O)nc2ccccc21. The first-order chi connectivity index (χ1) is 12.5. The van der Waals surface area contributed by atoms with Crippen molar-refractivity contribution in [3.63, 3.8) is 0 Å². The molecule has 0 fully saturated rings. The lowest BCUT2D eigenvalue weighted by molar-refractivity contribution is -0.729. The van der Waals surface area contributed by atoms with Gasteiger partial charge in [-0.15, -0.1) is 0 Å². The highest BCUT2D eigenvalue weighted by Gasteiger charge is 2.23. The molecule has 4 rings (SSSR count). The fraction of sp³-hybridized carbons (Fsp3) is 0.0625. The van der Waals surface area contributed by atoms with Gasteiger partial charge in [0.05, 0.1) is 21.5 Å². The molecule has 2 aromatic heterocycles. The molecule has 4 aromatic rings. The molecule has 0 amide bonds. The van der Waals surface area contributed by atoms with Crippen LogP contribution >= 0.6 is 0 Å². The molecular formula is C16H12N5O5+. The number of hydrogen-bond acceptors (Lipinski definition) is 5. The lowest BCUT2D eigenvalue weighted by Gasteiger charge is -2.05. The van der Waals surface area contributed by atoms with E-state index < -0.39 is 5.97 Å². The second-order valence-electron chi connectivity index (χ2n) is 5.60. The Labute approximate surface area is 144 Å². The summed E-state index contributed by atoms with van der Waals surface area (Å²) in [7, 11) is 0. The van der Waals surface area contributed by atoms with Crippen LogP contribution in [-0.2, 0) is 11.3 Å². The molecule has 0 saturated carbocycles. The second-order valence-corrected chi connectivity index (χ2v) is 5.60. The maximum absolute atomic E-state index is 11.3. The molecule has 0 spiro atoms. The Hall–Kier alpha value is -3.95. The zero-order valence-corrected chi connectivity index (χ0v) is 13.1. The maximum atomic E-state index is 11.3. The predicted octanol–water partition coefficient (Wildman–Crippen LogP) is 2.17. The maximum Gasteiger partial charge on any atom is 0.323 e. The normalized spacial score (nSPS) is 11.2. The van der Waals surface area contributed by atoms with Crippen molar-refractivity contribution in [2.75, 3.05) is 0 Å². The van der Waals surface area contributed by atoms with Crippen LogP contribution in [0.1, 0.15) is 0 Å². The minimum absolute atomic E-state index is 0.0185. The first-order valence-corrected chi connectivity index (χ1v) is 7.51. The summed E-state index contributed by atoms with van der Waals surface area (Å²) >= 11 is 0.